The number of halogens is 17. The molecule has 0 fully saturated rings. The molecule has 0 aromatic heterocycles. The van der Waals surface area contributed by atoms with E-state index in [-0.39, 0.29) is 0 Å². The summed E-state index contributed by atoms with van der Waals surface area (Å²) in [7, 11) is -9.63. The Balaban J connectivity index is 6.82. The van der Waals surface area contributed by atoms with E-state index < -0.39 is 84.4 Å². The van der Waals surface area contributed by atoms with Crippen LogP contribution >= 0.6 is 0 Å². The van der Waals surface area contributed by atoms with Crippen molar-refractivity contribution in [1.82, 2.24) is 0 Å². The molecule has 22 heteroatoms. The third-order valence-corrected chi connectivity index (χ3v) is 12.3. The number of alkyl halides is 17. The van der Waals surface area contributed by atoms with Crippen molar-refractivity contribution < 1.29 is 87.9 Å². The topological polar surface area (TPSA) is 27.7 Å². The predicted molar refractivity (Wildman–Crippen MR) is 89.9 cm³/mol. The van der Waals surface area contributed by atoms with Crippen LogP contribution in [0.25, 0.3) is 0 Å². The second-order valence-electron chi connectivity index (χ2n) is 6.81. The quantitative estimate of drug-likeness (QED) is 0.187. The highest BCUT2D eigenvalue weighted by Crippen LogP contribution is 2.63. The van der Waals surface area contributed by atoms with Gasteiger partial charge in [0.15, 0.2) is 0 Å². The molecule has 0 unspecified atom stereocenters. The summed E-state index contributed by atoms with van der Waals surface area (Å²) in [6.45, 7) is 1.04. The highest BCUT2D eigenvalue weighted by atomic mass is 29.2. The molecule has 0 aromatic rings. The molecular weight excluding hydrogens is 595 g/mol. The van der Waals surface area contributed by atoms with Crippen molar-refractivity contribution in [3.05, 3.63) is 0 Å². The summed E-state index contributed by atoms with van der Waals surface area (Å²) in [4.78, 5) is 0. The van der Waals surface area contributed by atoms with E-state index in [0.717, 1.165) is 20.8 Å². The van der Waals surface area contributed by atoms with Crippen molar-refractivity contribution in [3.8, 4) is 0 Å². The Labute approximate surface area is 194 Å². The maximum Gasteiger partial charge on any atom is 0.469 e. The zero-order chi connectivity index (χ0) is 29.4. The van der Waals surface area contributed by atoms with E-state index in [4.69, 9.17) is 0 Å². The molecule has 0 amide bonds. The summed E-state index contributed by atoms with van der Waals surface area (Å²) < 4.78 is 242. The van der Waals surface area contributed by atoms with Crippen molar-refractivity contribution in [2.24, 2.45) is 0 Å². The first-order valence-electron chi connectivity index (χ1n) is 9.27. The van der Waals surface area contributed by atoms with E-state index in [9.17, 15) is 74.6 Å². The van der Waals surface area contributed by atoms with Crippen LogP contribution in [0.5, 0.6) is 0 Å². The fraction of sp³-hybridized carbons (Fsp3) is 1.00. The average Bonchev–Trinajstić information content (AvgIpc) is 2.66. The summed E-state index contributed by atoms with van der Waals surface area (Å²) in [5, 5.41) is 0. The van der Waals surface area contributed by atoms with Gasteiger partial charge in [0.1, 0.15) is 0 Å². The van der Waals surface area contributed by atoms with E-state index in [2.05, 4.69) is 13.3 Å². The smallest absolute Gasteiger partial charge is 0.377 e. The van der Waals surface area contributed by atoms with Crippen LogP contribution in [0, 0.1) is 0 Å². The lowest BCUT2D eigenvalue weighted by molar-refractivity contribution is -0.458. The van der Waals surface area contributed by atoms with Gasteiger partial charge in [0.05, 0.1) is 0 Å². The van der Waals surface area contributed by atoms with Gasteiger partial charge < -0.3 is 13.3 Å². The molecule has 0 heterocycles. The minimum Gasteiger partial charge on any atom is -0.377 e. The molecule has 0 aromatic carbocycles. The maximum atomic E-state index is 14.3. The lowest BCUT2D eigenvalue weighted by Gasteiger charge is -2.43. The number of hydrogen-bond donors (Lipinski definition) is 0. The van der Waals surface area contributed by atoms with E-state index in [1.807, 2.05) is 0 Å². The Hall–Kier alpha value is -0.876. The van der Waals surface area contributed by atoms with Crippen LogP contribution in [0.1, 0.15) is 20.8 Å². The summed E-state index contributed by atoms with van der Waals surface area (Å²) in [5.41, 5.74) is -6.50. The van der Waals surface area contributed by atoms with Gasteiger partial charge in [-0.25, -0.2) is 8.78 Å². The van der Waals surface area contributed by atoms with Gasteiger partial charge in [0.25, 0.3) is 5.55 Å². The van der Waals surface area contributed by atoms with Crippen LogP contribution < -0.4 is 0 Å². The van der Waals surface area contributed by atoms with E-state index in [1.165, 1.54) is 0 Å². The minimum absolute atomic E-state index is 0.676. The van der Waals surface area contributed by atoms with Crippen molar-refractivity contribution in [2.45, 2.75) is 68.0 Å². The minimum atomic E-state index is -8.65. The van der Waals surface area contributed by atoms with Crippen LogP contribution in [0.15, 0.2) is 0 Å². The van der Waals surface area contributed by atoms with Crippen LogP contribution in [0.2, 0.25) is 0 Å². The predicted octanol–water partition coefficient (Wildman–Crippen LogP) is 5.67. The zero-order valence-corrected chi connectivity index (χ0v) is 20.4. The van der Waals surface area contributed by atoms with Crippen molar-refractivity contribution >= 4 is 17.4 Å². The molecule has 36 heavy (non-hydrogen) atoms. The molecule has 0 aliphatic heterocycles. The first kappa shape index (κ1) is 35.1. The van der Waals surface area contributed by atoms with Crippen LogP contribution in [0.3, 0.4) is 0 Å². The van der Waals surface area contributed by atoms with Gasteiger partial charge in [-0.1, -0.05) is 0 Å². The summed E-state index contributed by atoms with van der Waals surface area (Å²) in [5.74, 6) is -50.1. The molecule has 0 atom stereocenters. The zero-order valence-electron chi connectivity index (χ0n) is 18.0. The largest absolute Gasteiger partial charge is 0.469 e. The third-order valence-electron chi connectivity index (χ3n) is 4.32. The van der Waals surface area contributed by atoms with E-state index in [1.54, 1.807) is 0 Å². The van der Waals surface area contributed by atoms with Gasteiger partial charge >= 0.3 is 50.0 Å². The lowest BCUT2D eigenvalue weighted by Crippen LogP contribution is -2.76. The van der Waals surface area contributed by atoms with Crippen molar-refractivity contribution in [1.29, 1.82) is 0 Å². The molecule has 0 aliphatic rings. The molecule has 218 valence electrons. The van der Waals surface area contributed by atoms with Crippen LogP contribution in [0.4, 0.5) is 74.6 Å². The number of hydrogen-bond acceptors (Lipinski definition) is 3. The summed E-state index contributed by atoms with van der Waals surface area (Å²) in [6.07, 6.45) is -7.79. The van der Waals surface area contributed by atoms with Crippen molar-refractivity contribution in [2.75, 3.05) is 19.8 Å². The Morgan fingerprint density at radius 1 is 0.444 bits per heavy atom. The molecule has 0 bridgehead atoms. The van der Waals surface area contributed by atoms with E-state index in [0.29, 0.717) is 0 Å². The SMILES string of the molecule is CCO[Si](OCC)(OCC)[SiH2]C(F)(F)C(F)(F)C(F)(F)C(F)(F)C(F)(F)C(F)(F)C(F)(F)C(F)(F)F. The van der Waals surface area contributed by atoms with Crippen molar-refractivity contribution in [3.63, 3.8) is 0 Å². The highest BCUT2D eigenvalue weighted by molar-refractivity contribution is 7.15. The molecule has 0 saturated carbocycles. The van der Waals surface area contributed by atoms with Gasteiger partial charge in [0, 0.05) is 19.8 Å². The maximum absolute atomic E-state index is 14.3. The Bertz CT molecular complexity index is 724. The fourth-order valence-corrected chi connectivity index (χ4v) is 10.4. The standard InChI is InChI=1S/C14H17F17O3Si2/c1-4-32-36(33-5-2,34-6-3)35-14(30,31)12(25,26)10(21,22)8(17,18)7(15,16)9(19,20)11(23,24)13(27,28)29/h4-6,35H2,1-3H3. The normalized spacial score (nSPS) is 16.3. The molecule has 0 spiro atoms. The molecular formula is C14H17F17O3Si2. The van der Waals surface area contributed by atoms with E-state index >= 15 is 0 Å². The highest BCUT2D eigenvalue weighted by Gasteiger charge is 2.95. The Kier molecular flexibility index (Phi) is 10.1. The second-order valence-corrected chi connectivity index (χ2v) is 13.9. The molecule has 0 N–H and O–H groups in total. The average molecular weight is 612 g/mol. The summed E-state index contributed by atoms with van der Waals surface area (Å²) >= 11 is 0. The lowest BCUT2D eigenvalue weighted by atomic mass is 9.91. The first-order valence-corrected chi connectivity index (χ1v) is 14.0. The Morgan fingerprint density at radius 3 is 0.944 bits per heavy atom. The van der Waals surface area contributed by atoms with Gasteiger partial charge in [-0.3, -0.25) is 0 Å². The fourth-order valence-electron chi connectivity index (χ4n) is 2.52. The van der Waals surface area contributed by atoms with Gasteiger partial charge in [-0.05, 0) is 20.8 Å². The van der Waals surface area contributed by atoms with Gasteiger partial charge in [0.2, 0.25) is 9.04 Å². The number of rotatable bonds is 14. The monoisotopic (exact) mass is 612 g/mol. The van der Waals surface area contributed by atoms with Crippen LogP contribution in [-0.4, -0.2) is 84.4 Å². The summed E-state index contributed by atoms with van der Waals surface area (Å²) in [6, 6.07) is 0. The molecule has 0 aliphatic carbocycles. The Morgan fingerprint density at radius 2 is 0.694 bits per heavy atom. The molecule has 0 saturated heterocycles. The molecule has 0 rings (SSSR count). The first-order chi connectivity index (χ1) is 15.6. The third kappa shape index (κ3) is 5.32. The van der Waals surface area contributed by atoms with Gasteiger partial charge in [-0.2, -0.15) is 65.9 Å². The molecule has 0 radical (unpaired) electrons. The van der Waals surface area contributed by atoms with Crippen LogP contribution in [-0.2, 0) is 13.3 Å². The van der Waals surface area contributed by atoms with Gasteiger partial charge in [-0.15, -0.1) is 0 Å². The second kappa shape index (κ2) is 10.4. The molecule has 3 nitrogen and oxygen atoms in total.